The van der Waals surface area contributed by atoms with E-state index >= 15 is 0 Å². The minimum atomic E-state index is -0.484. The van der Waals surface area contributed by atoms with E-state index in [-0.39, 0.29) is 29.4 Å². The molecule has 0 spiro atoms. The highest BCUT2D eigenvalue weighted by Crippen LogP contribution is 2.48. The van der Waals surface area contributed by atoms with E-state index in [1.165, 1.54) is 13.2 Å². The number of fused-ring (bicyclic) bond motifs is 1. The molecule has 26 heavy (non-hydrogen) atoms. The first-order chi connectivity index (χ1) is 12.4. The van der Waals surface area contributed by atoms with Crippen LogP contribution in [0, 0.1) is 23.6 Å². The molecule has 1 aliphatic carbocycles. The highest BCUT2D eigenvalue weighted by molar-refractivity contribution is 5.94. The summed E-state index contributed by atoms with van der Waals surface area (Å²) in [6.07, 6.45) is 5.58. The molecule has 4 heteroatoms. The Morgan fingerprint density at radius 3 is 2.88 bits per heavy atom. The van der Waals surface area contributed by atoms with Gasteiger partial charge in [0.25, 0.3) is 0 Å². The van der Waals surface area contributed by atoms with E-state index in [4.69, 9.17) is 9.47 Å². The molecular weight excluding hydrogens is 331 g/mol. The fraction of sp³-hybridized carbons (Fsp3) is 0.500. The Kier molecular flexibility index (Phi) is 5.33. The molecule has 3 rings (SSSR count). The number of rotatable bonds is 6. The Bertz CT molecular complexity index is 739. The summed E-state index contributed by atoms with van der Waals surface area (Å²) in [5.74, 6) is 0.434. The van der Waals surface area contributed by atoms with Crippen LogP contribution in [0.25, 0.3) is 0 Å². The molecule has 3 nitrogen and oxygen atoms in total. The van der Waals surface area contributed by atoms with Crippen LogP contribution in [-0.2, 0) is 16.0 Å². The van der Waals surface area contributed by atoms with Crippen molar-refractivity contribution in [3.8, 4) is 5.75 Å². The first-order valence-corrected chi connectivity index (χ1v) is 9.25. The molecular formula is C22H27FO3. The standard InChI is InChI=1S/C22H27FO3/c1-5-14(2)19-13-22(17(8-9-26-22)11-21(19)24)15(3)10-16-6-7-18(25-4)12-20(16)23/h5-7,11-12,14-15,19H,1,8-10,13H2,2-4H3/t14?,15?,19-,22-/m1/s1. The van der Waals surface area contributed by atoms with Crippen LogP contribution in [0.1, 0.15) is 32.3 Å². The van der Waals surface area contributed by atoms with Crippen LogP contribution in [0.2, 0.25) is 0 Å². The predicted octanol–water partition coefficient (Wildman–Crippen LogP) is 4.51. The number of halogens is 1. The van der Waals surface area contributed by atoms with Crippen molar-refractivity contribution < 1.29 is 18.7 Å². The van der Waals surface area contributed by atoms with Crippen molar-refractivity contribution in [2.24, 2.45) is 17.8 Å². The van der Waals surface area contributed by atoms with Crippen molar-refractivity contribution in [2.75, 3.05) is 13.7 Å². The largest absolute Gasteiger partial charge is 0.497 e. The number of carbonyl (C=O) groups excluding carboxylic acids is 1. The number of hydrogen-bond acceptors (Lipinski definition) is 3. The Hall–Kier alpha value is -1.94. The third-order valence-electron chi connectivity index (χ3n) is 6.07. The molecule has 0 saturated carbocycles. The summed E-state index contributed by atoms with van der Waals surface area (Å²) >= 11 is 0. The van der Waals surface area contributed by atoms with Gasteiger partial charge in [0.15, 0.2) is 5.78 Å². The van der Waals surface area contributed by atoms with E-state index < -0.39 is 5.60 Å². The van der Waals surface area contributed by atoms with Gasteiger partial charge in [-0.3, -0.25) is 4.79 Å². The summed E-state index contributed by atoms with van der Waals surface area (Å²) in [4.78, 5) is 12.5. The van der Waals surface area contributed by atoms with Crippen LogP contribution in [0.5, 0.6) is 5.75 Å². The lowest BCUT2D eigenvalue weighted by Gasteiger charge is -2.42. The second kappa shape index (κ2) is 7.36. The van der Waals surface area contributed by atoms with Crippen molar-refractivity contribution in [1.82, 2.24) is 0 Å². The second-order valence-electron chi connectivity index (χ2n) is 7.53. The lowest BCUT2D eigenvalue weighted by molar-refractivity contribution is -0.124. The first-order valence-electron chi connectivity index (χ1n) is 9.25. The predicted molar refractivity (Wildman–Crippen MR) is 99.7 cm³/mol. The van der Waals surface area contributed by atoms with Crippen LogP contribution < -0.4 is 4.74 Å². The fourth-order valence-electron chi connectivity index (χ4n) is 4.32. The van der Waals surface area contributed by atoms with E-state index in [0.717, 1.165) is 12.0 Å². The van der Waals surface area contributed by atoms with Gasteiger partial charge in [-0.2, -0.15) is 0 Å². The number of carbonyl (C=O) groups is 1. The molecule has 0 amide bonds. The van der Waals surface area contributed by atoms with E-state index in [2.05, 4.69) is 13.5 Å². The second-order valence-corrected chi connectivity index (χ2v) is 7.53. The SMILES string of the molecule is C=CC(C)[C@H]1C[C@]2(C(C)Cc3ccc(OC)cc3F)OCCC2=CC1=O. The highest BCUT2D eigenvalue weighted by Gasteiger charge is 2.50. The van der Waals surface area contributed by atoms with Crippen molar-refractivity contribution in [1.29, 1.82) is 0 Å². The zero-order valence-electron chi connectivity index (χ0n) is 15.8. The van der Waals surface area contributed by atoms with Gasteiger partial charge in [-0.05, 0) is 54.4 Å². The van der Waals surface area contributed by atoms with E-state index in [0.29, 0.717) is 30.8 Å². The number of benzene rings is 1. The topological polar surface area (TPSA) is 35.5 Å². The van der Waals surface area contributed by atoms with Gasteiger partial charge < -0.3 is 9.47 Å². The maximum absolute atomic E-state index is 14.4. The number of ketones is 1. The van der Waals surface area contributed by atoms with E-state index in [1.807, 2.05) is 13.0 Å². The summed E-state index contributed by atoms with van der Waals surface area (Å²) < 4.78 is 25.7. The Morgan fingerprint density at radius 1 is 1.46 bits per heavy atom. The molecule has 0 N–H and O–H groups in total. The minimum absolute atomic E-state index is 0.0618. The molecule has 4 atom stereocenters. The maximum atomic E-state index is 14.4. The zero-order valence-corrected chi connectivity index (χ0v) is 15.8. The van der Waals surface area contributed by atoms with Gasteiger partial charge in [-0.15, -0.1) is 6.58 Å². The number of hydrogen-bond donors (Lipinski definition) is 0. The summed E-state index contributed by atoms with van der Waals surface area (Å²) in [7, 11) is 1.53. The quantitative estimate of drug-likeness (QED) is 0.702. The lowest BCUT2D eigenvalue weighted by Crippen LogP contribution is -2.46. The van der Waals surface area contributed by atoms with Crippen molar-refractivity contribution in [3.63, 3.8) is 0 Å². The van der Waals surface area contributed by atoms with Crippen molar-refractivity contribution in [2.45, 2.75) is 38.7 Å². The average Bonchev–Trinajstić information content (AvgIpc) is 3.05. The smallest absolute Gasteiger partial charge is 0.159 e. The molecule has 0 radical (unpaired) electrons. The lowest BCUT2D eigenvalue weighted by atomic mass is 9.66. The summed E-state index contributed by atoms with van der Waals surface area (Å²) in [6, 6.07) is 4.97. The van der Waals surface area contributed by atoms with Gasteiger partial charge in [0.05, 0.1) is 19.3 Å². The molecule has 1 saturated heterocycles. The van der Waals surface area contributed by atoms with Crippen molar-refractivity contribution >= 4 is 5.78 Å². The molecule has 0 aromatic heterocycles. The Labute approximate surface area is 154 Å². The van der Waals surface area contributed by atoms with E-state index in [1.54, 1.807) is 18.2 Å². The van der Waals surface area contributed by atoms with Crippen LogP contribution in [-0.4, -0.2) is 25.1 Å². The Morgan fingerprint density at radius 2 is 2.23 bits per heavy atom. The third kappa shape index (κ3) is 3.23. The van der Waals surface area contributed by atoms with Crippen LogP contribution in [0.15, 0.2) is 42.5 Å². The first kappa shape index (κ1) is 18.8. The van der Waals surface area contributed by atoms with Gasteiger partial charge in [-0.1, -0.05) is 26.0 Å². The number of allylic oxidation sites excluding steroid dienone is 2. The summed E-state index contributed by atoms with van der Waals surface area (Å²) in [6.45, 7) is 8.57. The van der Waals surface area contributed by atoms with Gasteiger partial charge in [-0.25, -0.2) is 4.39 Å². The highest BCUT2D eigenvalue weighted by atomic mass is 19.1. The van der Waals surface area contributed by atoms with Crippen molar-refractivity contribution in [3.05, 3.63) is 53.9 Å². The molecule has 1 aromatic rings. The molecule has 1 heterocycles. The van der Waals surface area contributed by atoms with Gasteiger partial charge in [0, 0.05) is 12.0 Å². The minimum Gasteiger partial charge on any atom is -0.497 e. The maximum Gasteiger partial charge on any atom is 0.159 e. The number of methoxy groups -OCH3 is 1. The normalized spacial score (nSPS) is 27.5. The van der Waals surface area contributed by atoms with Crippen LogP contribution in [0.3, 0.4) is 0 Å². The van der Waals surface area contributed by atoms with Gasteiger partial charge in [0.2, 0.25) is 0 Å². The zero-order chi connectivity index (χ0) is 18.9. The Balaban J connectivity index is 1.89. The average molecular weight is 358 g/mol. The molecule has 1 aromatic carbocycles. The monoisotopic (exact) mass is 358 g/mol. The summed E-state index contributed by atoms with van der Waals surface area (Å²) in [5, 5.41) is 0. The van der Waals surface area contributed by atoms with E-state index in [9.17, 15) is 9.18 Å². The molecule has 1 fully saturated rings. The molecule has 140 valence electrons. The fourth-order valence-corrected chi connectivity index (χ4v) is 4.32. The third-order valence-corrected chi connectivity index (χ3v) is 6.07. The van der Waals surface area contributed by atoms with Crippen LogP contribution >= 0.6 is 0 Å². The molecule has 2 unspecified atom stereocenters. The van der Waals surface area contributed by atoms with Gasteiger partial charge in [0.1, 0.15) is 11.6 Å². The molecule has 2 aliphatic rings. The number of ether oxygens (including phenoxy) is 2. The van der Waals surface area contributed by atoms with Crippen LogP contribution in [0.4, 0.5) is 4.39 Å². The van der Waals surface area contributed by atoms with Gasteiger partial charge >= 0.3 is 0 Å². The summed E-state index contributed by atoms with van der Waals surface area (Å²) in [5.41, 5.74) is 1.23. The molecule has 0 bridgehead atoms. The molecule has 1 aliphatic heterocycles.